The van der Waals surface area contributed by atoms with Crippen molar-refractivity contribution in [2.45, 2.75) is 26.6 Å². The van der Waals surface area contributed by atoms with E-state index in [1.807, 2.05) is 0 Å². The minimum absolute atomic E-state index is 0.0000184. The third-order valence-electron chi connectivity index (χ3n) is 3.11. The summed E-state index contributed by atoms with van der Waals surface area (Å²) in [5.41, 5.74) is -0.621. The zero-order valence-corrected chi connectivity index (χ0v) is 10.7. The van der Waals surface area contributed by atoms with E-state index >= 15 is 0 Å². The molecule has 1 aromatic carbocycles. The van der Waals surface area contributed by atoms with Crippen molar-refractivity contribution in [3.63, 3.8) is 0 Å². The molecule has 0 fully saturated rings. The molecular formula is C13H11F5N2. The number of halogens is 5. The van der Waals surface area contributed by atoms with Crippen LogP contribution in [0.2, 0.25) is 0 Å². The van der Waals surface area contributed by atoms with Gasteiger partial charge >= 0.3 is 6.18 Å². The molecule has 2 rings (SSSR count). The number of aromatic nitrogens is 2. The van der Waals surface area contributed by atoms with E-state index in [-0.39, 0.29) is 17.7 Å². The average Bonchev–Trinajstić information content (AvgIpc) is 2.60. The summed E-state index contributed by atoms with van der Waals surface area (Å²) < 4.78 is 65.5. The van der Waals surface area contributed by atoms with Gasteiger partial charge in [0.25, 0.3) is 0 Å². The van der Waals surface area contributed by atoms with Gasteiger partial charge in [-0.1, -0.05) is 6.07 Å². The molecule has 0 unspecified atom stereocenters. The second-order valence-corrected chi connectivity index (χ2v) is 4.45. The normalized spacial score (nSPS) is 11.9. The van der Waals surface area contributed by atoms with Crippen LogP contribution in [0.4, 0.5) is 22.0 Å². The van der Waals surface area contributed by atoms with E-state index in [9.17, 15) is 22.0 Å². The lowest BCUT2D eigenvalue weighted by molar-refractivity contribution is -0.141. The van der Waals surface area contributed by atoms with Crippen LogP contribution in [0.25, 0.3) is 0 Å². The van der Waals surface area contributed by atoms with Crippen LogP contribution >= 0.6 is 0 Å². The first-order valence-corrected chi connectivity index (χ1v) is 5.75. The van der Waals surface area contributed by atoms with Crippen LogP contribution in [-0.2, 0) is 12.7 Å². The quantitative estimate of drug-likeness (QED) is 0.768. The molecule has 2 aromatic rings. The van der Waals surface area contributed by atoms with Crippen LogP contribution in [0.5, 0.6) is 0 Å². The molecule has 0 N–H and O–H groups in total. The van der Waals surface area contributed by atoms with E-state index in [0.717, 1.165) is 10.7 Å². The zero-order valence-electron chi connectivity index (χ0n) is 10.7. The molecule has 0 radical (unpaired) electrons. The first-order chi connectivity index (χ1) is 9.20. The first-order valence-electron chi connectivity index (χ1n) is 5.75. The highest BCUT2D eigenvalue weighted by Crippen LogP contribution is 2.32. The van der Waals surface area contributed by atoms with Crippen LogP contribution < -0.4 is 0 Å². The van der Waals surface area contributed by atoms with Crippen LogP contribution in [0.3, 0.4) is 0 Å². The summed E-state index contributed by atoms with van der Waals surface area (Å²) >= 11 is 0. The van der Waals surface area contributed by atoms with Crippen molar-refractivity contribution in [2.24, 2.45) is 0 Å². The number of rotatable bonds is 2. The van der Waals surface area contributed by atoms with Crippen molar-refractivity contribution < 1.29 is 22.0 Å². The Labute approximate surface area is 111 Å². The van der Waals surface area contributed by atoms with Gasteiger partial charge in [-0.15, -0.1) is 0 Å². The van der Waals surface area contributed by atoms with Crippen molar-refractivity contribution in [1.82, 2.24) is 9.78 Å². The number of hydrogen-bond donors (Lipinski definition) is 0. The molecule has 7 heteroatoms. The van der Waals surface area contributed by atoms with Crippen LogP contribution in [-0.4, -0.2) is 9.78 Å². The van der Waals surface area contributed by atoms with Crippen LogP contribution in [0.15, 0.2) is 18.2 Å². The summed E-state index contributed by atoms with van der Waals surface area (Å²) in [6.07, 6.45) is -4.55. The van der Waals surface area contributed by atoms with Gasteiger partial charge in [0.2, 0.25) is 0 Å². The Hall–Kier alpha value is -1.92. The Balaban J connectivity index is 2.40. The second kappa shape index (κ2) is 4.88. The van der Waals surface area contributed by atoms with E-state index in [1.54, 1.807) is 0 Å². The van der Waals surface area contributed by atoms with Crippen LogP contribution in [0.1, 0.15) is 22.5 Å². The SMILES string of the molecule is Cc1c(C(F)(F)F)nn(Cc2ccc(F)cc2F)c1C. The van der Waals surface area contributed by atoms with E-state index in [4.69, 9.17) is 0 Å². The lowest BCUT2D eigenvalue weighted by Gasteiger charge is -2.06. The number of nitrogens with zero attached hydrogens (tertiary/aromatic N) is 2. The molecule has 2 nitrogen and oxygen atoms in total. The molecule has 0 amide bonds. The fourth-order valence-corrected chi connectivity index (χ4v) is 1.87. The molecule has 0 bridgehead atoms. The highest BCUT2D eigenvalue weighted by atomic mass is 19.4. The predicted octanol–water partition coefficient (Wildman–Crippen LogP) is 3.85. The third-order valence-corrected chi connectivity index (χ3v) is 3.11. The van der Waals surface area contributed by atoms with Gasteiger partial charge in [0.1, 0.15) is 11.6 Å². The maximum absolute atomic E-state index is 13.5. The minimum Gasteiger partial charge on any atom is -0.264 e. The van der Waals surface area contributed by atoms with Crippen molar-refractivity contribution in [3.05, 3.63) is 52.3 Å². The maximum atomic E-state index is 13.5. The van der Waals surface area contributed by atoms with E-state index in [2.05, 4.69) is 5.10 Å². The second-order valence-electron chi connectivity index (χ2n) is 4.45. The lowest BCUT2D eigenvalue weighted by Crippen LogP contribution is -2.10. The maximum Gasteiger partial charge on any atom is 0.435 e. The van der Waals surface area contributed by atoms with Gasteiger partial charge in [-0.25, -0.2) is 8.78 Å². The highest BCUT2D eigenvalue weighted by Gasteiger charge is 2.37. The van der Waals surface area contributed by atoms with Gasteiger partial charge in [-0.3, -0.25) is 4.68 Å². The molecule has 0 saturated carbocycles. The fourth-order valence-electron chi connectivity index (χ4n) is 1.87. The Kier molecular flexibility index (Phi) is 3.54. The van der Waals surface area contributed by atoms with Crippen molar-refractivity contribution in [3.8, 4) is 0 Å². The molecule has 108 valence electrons. The molecule has 0 atom stereocenters. The summed E-state index contributed by atoms with van der Waals surface area (Å²) in [4.78, 5) is 0. The van der Waals surface area contributed by atoms with Crippen LogP contribution in [0, 0.1) is 25.5 Å². The van der Waals surface area contributed by atoms with E-state index in [0.29, 0.717) is 11.8 Å². The van der Waals surface area contributed by atoms with Gasteiger partial charge in [0.15, 0.2) is 5.69 Å². The predicted molar refractivity (Wildman–Crippen MR) is 62.2 cm³/mol. The third kappa shape index (κ3) is 2.66. The van der Waals surface area contributed by atoms with Gasteiger partial charge in [-0.05, 0) is 19.9 Å². The van der Waals surface area contributed by atoms with Gasteiger partial charge in [0.05, 0.1) is 6.54 Å². The minimum atomic E-state index is -4.55. The molecule has 0 spiro atoms. The Morgan fingerprint density at radius 2 is 1.80 bits per heavy atom. The number of alkyl halides is 3. The van der Waals surface area contributed by atoms with Gasteiger partial charge in [-0.2, -0.15) is 18.3 Å². The highest BCUT2D eigenvalue weighted by molar-refractivity contribution is 5.27. The number of benzene rings is 1. The van der Waals surface area contributed by atoms with Crippen molar-refractivity contribution in [2.75, 3.05) is 0 Å². The molecular weight excluding hydrogens is 279 g/mol. The van der Waals surface area contributed by atoms with Gasteiger partial charge in [0, 0.05) is 22.9 Å². The Morgan fingerprint density at radius 1 is 1.15 bits per heavy atom. The van der Waals surface area contributed by atoms with E-state index < -0.39 is 23.5 Å². The molecule has 0 aliphatic carbocycles. The summed E-state index contributed by atoms with van der Waals surface area (Å²) in [6.45, 7) is 2.59. The average molecular weight is 290 g/mol. The summed E-state index contributed by atoms with van der Waals surface area (Å²) in [6, 6.07) is 2.93. The standard InChI is InChI=1S/C13H11F5N2/c1-7-8(2)20(19-12(7)13(16,17)18)6-9-3-4-10(14)5-11(9)15/h3-5H,6H2,1-2H3. The van der Waals surface area contributed by atoms with E-state index in [1.165, 1.54) is 19.9 Å². The lowest BCUT2D eigenvalue weighted by atomic mass is 10.2. The smallest absolute Gasteiger partial charge is 0.264 e. The molecule has 0 aliphatic heterocycles. The largest absolute Gasteiger partial charge is 0.435 e. The summed E-state index contributed by atoms with van der Waals surface area (Å²) in [5, 5.41) is 3.47. The number of hydrogen-bond acceptors (Lipinski definition) is 1. The van der Waals surface area contributed by atoms with Crippen molar-refractivity contribution >= 4 is 0 Å². The molecule has 0 aliphatic rings. The Morgan fingerprint density at radius 3 is 2.30 bits per heavy atom. The summed E-state index contributed by atoms with van der Waals surface area (Å²) in [5.74, 6) is -1.55. The molecule has 1 heterocycles. The fraction of sp³-hybridized carbons (Fsp3) is 0.308. The topological polar surface area (TPSA) is 17.8 Å². The molecule has 1 aromatic heterocycles. The van der Waals surface area contributed by atoms with Crippen molar-refractivity contribution in [1.29, 1.82) is 0 Å². The molecule has 0 saturated heterocycles. The first kappa shape index (κ1) is 14.5. The molecule has 20 heavy (non-hydrogen) atoms. The monoisotopic (exact) mass is 290 g/mol. The summed E-state index contributed by atoms with van der Waals surface area (Å²) in [7, 11) is 0. The Bertz CT molecular complexity index is 643. The zero-order chi connectivity index (χ0) is 15.1. The van der Waals surface area contributed by atoms with Gasteiger partial charge < -0.3 is 0 Å².